The molecule has 3 saturated heterocycles. The van der Waals surface area contributed by atoms with Gasteiger partial charge in [-0.15, -0.1) is 0 Å². The Bertz CT molecular complexity index is 1780. The Morgan fingerprint density at radius 1 is 0.660 bits per heavy atom. The van der Waals surface area contributed by atoms with Gasteiger partial charge in [0, 0.05) is 17.7 Å². The van der Waals surface area contributed by atoms with Crippen LogP contribution >= 0.6 is 0 Å². The van der Waals surface area contributed by atoms with Crippen LogP contribution in [0.3, 0.4) is 0 Å². The third-order valence-electron chi connectivity index (χ3n) is 9.29. The first-order chi connectivity index (χ1) is 25.1. The summed E-state index contributed by atoms with van der Waals surface area (Å²) in [4.78, 5) is 14.0. The van der Waals surface area contributed by atoms with Crippen LogP contribution in [0.25, 0.3) is 22.3 Å². The van der Waals surface area contributed by atoms with E-state index in [0.717, 1.165) is 12.1 Å². The quantitative estimate of drug-likeness (QED) is 0.0992. The minimum atomic E-state index is -1.93. The van der Waals surface area contributed by atoms with Crippen LogP contribution in [0.15, 0.2) is 45.6 Å². The van der Waals surface area contributed by atoms with E-state index < -0.39 is 128 Å². The van der Waals surface area contributed by atoms with E-state index >= 15 is 0 Å². The van der Waals surface area contributed by atoms with Crippen LogP contribution in [0.5, 0.6) is 23.0 Å². The Hall–Kier alpha value is -3.71. The molecular weight excluding hydrogens is 716 g/mol. The third-order valence-corrected chi connectivity index (χ3v) is 9.29. The van der Waals surface area contributed by atoms with Gasteiger partial charge in [0.2, 0.25) is 23.8 Å². The molecule has 20 heteroatoms. The summed E-state index contributed by atoms with van der Waals surface area (Å²) < 4.78 is 39.8. The van der Waals surface area contributed by atoms with Crippen LogP contribution in [-0.4, -0.2) is 167 Å². The maximum atomic E-state index is 14.0. The zero-order chi connectivity index (χ0) is 38.5. The summed E-state index contributed by atoms with van der Waals surface area (Å²) in [5.41, 5.74) is -1.23. The molecule has 292 valence electrons. The molecule has 2 aromatic carbocycles. The second-order valence-electron chi connectivity index (χ2n) is 12.9. The van der Waals surface area contributed by atoms with Crippen molar-refractivity contribution >= 4 is 11.0 Å². The minimum Gasteiger partial charge on any atom is -0.508 e. The number of phenolic OH excluding ortho intramolecular Hbond substituents is 2. The van der Waals surface area contributed by atoms with Gasteiger partial charge in [-0.2, -0.15) is 0 Å². The Balaban J connectivity index is 1.37. The van der Waals surface area contributed by atoms with Crippen LogP contribution in [0, 0.1) is 0 Å². The number of aromatic hydroxyl groups is 2. The summed E-state index contributed by atoms with van der Waals surface area (Å²) in [5, 5.41) is 123. The standard InChI is InChI=1S/C33H40O20/c1-10-19(38)25(44)30(53-32-27(46)24(43)21(40)17(9-35)51-32)33(47-10)48-13-6-14(37)18-15(7-13)49-28(11-2-4-12(36)5-3-11)29(22(18)41)52-31-26(45)23(42)20(39)16(8-34)50-31/h2-7,10,16-17,19-21,23-27,30-40,42-46H,8-9H2,1H3/t10-,16+,17+,19-,20+,21+,23-,24-,25+,26+,27+,30+,31-,32-,33-/m0/s1. The molecule has 4 heterocycles. The second-order valence-corrected chi connectivity index (χ2v) is 12.9. The van der Waals surface area contributed by atoms with Gasteiger partial charge in [-0.3, -0.25) is 4.79 Å². The number of hydrogen-bond donors (Lipinski definition) is 12. The number of phenols is 2. The van der Waals surface area contributed by atoms with Gasteiger partial charge in [0.1, 0.15) is 89.3 Å². The molecule has 0 spiro atoms. The van der Waals surface area contributed by atoms with E-state index in [2.05, 4.69) is 0 Å². The average Bonchev–Trinajstić information content (AvgIpc) is 3.13. The summed E-state index contributed by atoms with van der Waals surface area (Å²) in [6, 6.07) is 7.27. The number of aliphatic hydroxyl groups excluding tert-OH is 10. The molecule has 3 aliphatic heterocycles. The summed E-state index contributed by atoms with van der Waals surface area (Å²) in [5.74, 6) is -2.15. The van der Waals surface area contributed by atoms with Crippen molar-refractivity contribution in [1.82, 2.24) is 0 Å². The predicted octanol–water partition coefficient (Wildman–Crippen LogP) is -3.92. The number of benzene rings is 2. The van der Waals surface area contributed by atoms with Crippen molar-refractivity contribution in [3.63, 3.8) is 0 Å². The van der Waals surface area contributed by atoms with Crippen molar-refractivity contribution in [2.24, 2.45) is 0 Å². The van der Waals surface area contributed by atoms with Crippen LogP contribution in [0.4, 0.5) is 0 Å². The summed E-state index contributed by atoms with van der Waals surface area (Å²) in [6.07, 6.45) is -25.1. The molecule has 0 amide bonds. The largest absolute Gasteiger partial charge is 0.508 e. The van der Waals surface area contributed by atoms with E-state index in [-0.39, 0.29) is 28.4 Å². The Labute approximate surface area is 298 Å². The topological polar surface area (TPSA) is 328 Å². The van der Waals surface area contributed by atoms with Gasteiger partial charge in [0.25, 0.3) is 0 Å². The number of ether oxygens (including phenoxy) is 6. The molecule has 0 saturated carbocycles. The molecule has 3 aliphatic rings. The number of fused-ring (bicyclic) bond motifs is 1. The number of rotatable bonds is 9. The molecule has 15 atom stereocenters. The van der Waals surface area contributed by atoms with Crippen molar-refractivity contribution in [2.45, 2.75) is 99.0 Å². The van der Waals surface area contributed by atoms with E-state index in [0.29, 0.717) is 0 Å². The molecule has 20 nitrogen and oxygen atoms in total. The van der Waals surface area contributed by atoms with Crippen LogP contribution in [-0.2, 0) is 18.9 Å². The van der Waals surface area contributed by atoms with Crippen LogP contribution in [0.1, 0.15) is 6.92 Å². The van der Waals surface area contributed by atoms with E-state index in [4.69, 9.17) is 32.8 Å². The summed E-state index contributed by atoms with van der Waals surface area (Å²) in [7, 11) is 0. The first kappa shape index (κ1) is 39.0. The lowest BCUT2D eigenvalue weighted by Crippen LogP contribution is -2.64. The Morgan fingerprint density at radius 2 is 1.25 bits per heavy atom. The van der Waals surface area contributed by atoms with Gasteiger partial charge in [-0.05, 0) is 31.2 Å². The first-order valence-electron chi connectivity index (χ1n) is 16.4. The molecule has 0 radical (unpaired) electrons. The fraction of sp³-hybridized carbons (Fsp3) is 0.545. The second kappa shape index (κ2) is 15.6. The molecule has 53 heavy (non-hydrogen) atoms. The summed E-state index contributed by atoms with van der Waals surface area (Å²) >= 11 is 0. The fourth-order valence-electron chi connectivity index (χ4n) is 6.23. The monoisotopic (exact) mass is 756 g/mol. The van der Waals surface area contributed by atoms with Crippen molar-refractivity contribution in [2.75, 3.05) is 13.2 Å². The molecule has 0 unspecified atom stereocenters. The summed E-state index contributed by atoms with van der Waals surface area (Å²) in [6.45, 7) is -0.178. The van der Waals surface area contributed by atoms with Gasteiger partial charge in [0.15, 0.2) is 18.2 Å². The van der Waals surface area contributed by atoms with Crippen molar-refractivity contribution in [3.8, 4) is 34.3 Å². The zero-order valence-corrected chi connectivity index (χ0v) is 27.7. The van der Waals surface area contributed by atoms with Crippen LogP contribution < -0.4 is 14.9 Å². The highest BCUT2D eigenvalue weighted by Crippen LogP contribution is 2.39. The average molecular weight is 757 g/mol. The lowest BCUT2D eigenvalue weighted by Gasteiger charge is -2.45. The SMILES string of the molecule is C[C@@H]1O[C@@H](Oc2cc(O)c3c(=O)c(O[C@@H]4O[C@H](CO)[C@@H](O)[C@H](O)[C@H]4O)c(-c4ccc(O)cc4)oc3c2)[C@H](O[C@@H]2O[C@H](CO)[C@@H](O)[C@H](O)[C@H]2O)[C@H](O)[C@H]1O. The molecular formula is C33H40O20. The van der Waals surface area contributed by atoms with Gasteiger partial charge in [-0.1, -0.05) is 0 Å². The lowest BCUT2D eigenvalue weighted by molar-refractivity contribution is -0.355. The molecule has 3 fully saturated rings. The normalized spacial score (nSPS) is 37.8. The molecule has 1 aromatic heterocycles. The number of aliphatic hydroxyl groups is 10. The highest BCUT2D eigenvalue weighted by molar-refractivity contribution is 5.88. The van der Waals surface area contributed by atoms with Crippen molar-refractivity contribution in [1.29, 1.82) is 0 Å². The first-order valence-corrected chi connectivity index (χ1v) is 16.4. The van der Waals surface area contributed by atoms with E-state index in [1.807, 2.05) is 0 Å². The molecule has 12 N–H and O–H groups in total. The van der Waals surface area contributed by atoms with E-state index in [9.17, 15) is 66.1 Å². The Kier molecular flexibility index (Phi) is 11.5. The number of hydrogen-bond acceptors (Lipinski definition) is 20. The highest BCUT2D eigenvalue weighted by Gasteiger charge is 2.51. The molecule has 3 aromatic rings. The zero-order valence-electron chi connectivity index (χ0n) is 27.7. The molecule has 6 rings (SSSR count). The maximum Gasteiger partial charge on any atom is 0.239 e. The van der Waals surface area contributed by atoms with Gasteiger partial charge in [0.05, 0.1) is 19.3 Å². The van der Waals surface area contributed by atoms with E-state index in [1.54, 1.807) is 0 Å². The Morgan fingerprint density at radius 3 is 1.85 bits per heavy atom. The van der Waals surface area contributed by atoms with Crippen molar-refractivity contribution in [3.05, 3.63) is 46.6 Å². The highest BCUT2D eigenvalue weighted by atomic mass is 16.8. The maximum absolute atomic E-state index is 14.0. The predicted molar refractivity (Wildman–Crippen MR) is 171 cm³/mol. The van der Waals surface area contributed by atoms with E-state index in [1.165, 1.54) is 31.2 Å². The fourth-order valence-corrected chi connectivity index (χ4v) is 6.23. The van der Waals surface area contributed by atoms with Gasteiger partial charge < -0.3 is 94.1 Å². The molecule has 0 bridgehead atoms. The smallest absolute Gasteiger partial charge is 0.239 e. The lowest BCUT2D eigenvalue weighted by atomic mass is 9.97. The van der Waals surface area contributed by atoms with Crippen molar-refractivity contribution < 1.29 is 94.1 Å². The van der Waals surface area contributed by atoms with Gasteiger partial charge >= 0.3 is 0 Å². The third kappa shape index (κ3) is 7.39. The van der Waals surface area contributed by atoms with Crippen LogP contribution in [0.2, 0.25) is 0 Å². The molecule has 0 aliphatic carbocycles. The van der Waals surface area contributed by atoms with Gasteiger partial charge in [-0.25, -0.2) is 0 Å². The minimum absolute atomic E-state index is 0.127.